The van der Waals surface area contributed by atoms with Crippen LogP contribution in [0.15, 0.2) is 36.4 Å². The van der Waals surface area contributed by atoms with Crippen LogP contribution in [0.4, 0.5) is 5.95 Å². The standard InChI is InChI=1S/C15H13ClN4O/c1-21-12-5-3-2-4-9(12)8-11-14-10(18-15(17)19-11)6-7-13(16)20-14/h2-7H,8H2,1H3,(H2,17,18,19). The van der Waals surface area contributed by atoms with E-state index in [2.05, 4.69) is 15.0 Å². The van der Waals surface area contributed by atoms with Gasteiger partial charge in [-0.25, -0.2) is 15.0 Å². The predicted molar refractivity (Wildman–Crippen MR) is 82.6 cm³/mol. The molecule has 2 heterocycles. The first kappa shape index (κ1) is 13.6. The van der Waals surface area contributed by atoms with Crippen molar-refractivity contribution < 1.29 is 4.74 Å². The Morgan fingerprint density at radius 1 is 1.10 bits per heavy atom. The highest BCUT2D eigenvalue weighted by Gasteiger charge is 2.11. The Hall–Kier alpha value is -2.40. The van der Waals surface area contributed by atoms with E-state index >= 15 is 0 Å². The number of para-hydroxylation sites is 1. The maximum atomic E-state index is 5.97. The second kappa shape index (κ2) is 5.54. The number of benzene rings is 1. The molecule has 2 aromatic heterocycles. The van der Waals surface area contributed by atoms with Gasteiger partial charge in [-0.3, -0.25) is 0 Å². The van der Waals surface area contributed by atoms with E-state index in [-0.39, 0.29) is 5.95 Å². The lowest BCUT2D eigenvalue weighted by molar-refractivity contribution is 0.410. The number of ether oxygens (including phenoxy) is 1. The minimum absolute atomic E-state index is 0.219. The second-order valence-electron chi connectivity index (χ2n) is 4.52. The average Bonchev–Trinajstić information content (AvgIpc) is 2.48. The number of pyridine rings is 1. The molecule has 106 valence electrons. The predicted octanol–water partition coefficient (Wildman–Crippen LogP) is 2.86. The Bertz CT molecular complexity index is 807. The van der Waals surface area contributed by atoms with Crippen LogP contribution in [0, 0.1) is 0 Å². The number of hydrogen-bond acceptors (Lipinski definition) is 5. The largest absolute Gasteiger partial charge is 0.496 e. The monoisotopic (exact) mass is 300 g/mol. The van der Waals surface area contributed by atoms with Gasteiger partial charge in [-0.05, 0) is 18.2 Å². The molecule has 3 rings (SSSR count). The van der Waals surface area contributed by atoms with E-state index in [9.17, 15) is 0 Å². The van der Waals surface area contributed by atoms with Gasteiger partial charge in [0.2, 0.25) is 5.95 Å². The SMILES string of the molecule is COc1ccccc1Cc1nc(N)nc2ccc(Cl)nc12. The second-order valence-corrected chi connectivity index (χ2v) is 4.91. The minimum atomic E-state index is 0.219. The van der Waals surface area contributed by atoms with Crippen molar-refractivity contribution in [2.24, 2.45) is 0 Å². The molecule has 21 heavy (non-hydrogen) atoms. The van der Waals surface area contributed by atoms with Crippen molar-refractivity contribution in [2.45, 2.75) is 6.42 Å². The number of fused-ring (bicyclic) bond motifs is 1. The van der Waals surface area contributed by atoms with Gasteiger partial charge in [-0.1, -0.05) is 29.8 Å². The lowest BCUT2D eigenvalue weighted by Crippen LogP contribution is -2.04. The number of aromatic nitrogens is 3. The fraction of sp³-hybridized carbons (Fsp3) is 0.133. The summed E-state index contributed by atoms with van der Waals surface area (Å²) in [5, 5.41) is 0.400. The van der Waals surface area contributed by atoms with E-state index in [0.717, 1.165) is 17.0 Å². The molecular weight excluding hydrogens is 288 g/mol. The van der Waals surface area contributed by atoms with Crippen LogP contribution in [0.5, 0.6) is 5.75 Å². The highest BCUT2D eigenvalue weighted by atomic mass is 35.5. The van der Waals surface area contributed by atoms with Crippen molar-refractivity contribution >= 4 is 28.6 Å². The molecular formula is C15H13ClN4O. The molecule has 0 aliphatic heterocycles. The van der Waals surface area contributed by atoms with E-state index in [1.54, 1.807) is 19.2 Å². The molecule has 0 spiro atoms. The molecule has 1 aromatic carbocycles. The van der Waals surface area contributed by atoms with Crippen LogP contribution >= 0.6 is 11.6 Å². The maximum Gasteiger partial charge on any atom is 0.220 e. The van der Waals surface area contributed by atoms with Crippen molar-refractivity contribution in [3.8, 4) is 5.75 Å². The molecule has 5 nitrogen and oxygen atoms in total. The van der Waals surface area contributed by atoms with Gasteiger partial charge in [-0.2, -0.15) is 0 Å². The first-order chi connectivity index (χ1) is 10.2. The molecule has 0 saturated heterocycles. The van der Waals surface area contributed by atoms with Crippen LogP contribution in [0.3, 0.4) is 0 Å². The Kier molecular flexibility index (Phi) is 3.58. The molecule has 0 aliphatic carbocycles. The average molecular weight is 301 g/mol. The van der Waals surface area contributed by atoms with Gasteiger partial charge in [-0.15, -0.1) is 0 Å². The van der Waals surface area contributed by atoms with Crippen LogP contribution in [0.1, 0.15) is 11.3 Å². The van der Waals surface area contributed by atoms with Crippen LogP contribution in [0.25, 0.3) is 11.0 Å². The van der Waals surface area contributed by atoms with E-state index < -0.39 is 0 Å². The van der Waals surface area contributed by atoms with Gasteiger partial charge >= 0.3 is 0 Å². The van der Waals surface area contributed by atoms with Crippen molar-refractivity contribution in [2.75, 3.05) is 12.8 Å². The summed E-state index contributed by atoms with van der Waals surface area (Å²) in [4.78, 5) is 12.8. The third kappa shape index (κ3) is 2.73. The molecule has 0 radical (unpaired) electrons. The van der Waals surface area contributed by atoms with Gasteiger partial charge in [0, 0.05) is 12.0 Å². The molecule has 0 saturated carbocycles. The normalized spacial score (nSPS) is 10.8. The Morgan fingerprint density at radius 3 is 2.71 bits per heavy atom. The lowest BCUT2D eigenvalue weighted by atomic mass is 10.1. The summed E-state index contributed by atoms with van der Waals surface area (Å²) in [6, 6.07) is 11.2. The van der Waals surface area contributed by atoms with E-state index in [1.807, 2.05) is 24.3 Å². The Balaban J connectivity index is 2.13. The number of nitrogens with two attached hydrogens (primary N) is 1. The fourth-order valence-electron chi connectivity index (χ4n) is 2.22. The first-order valence-corrected chi connectivity index (χ1v) is 6.75. The Morgan fingerprint density at radius 2 is 1.90 bits per heavy atom. The molecule has 2 N–H and O–H groups in total. The summed E-state index contributed by atoms with van der Waals surface area (Å²) in [7, 11) is 1.64. The van der Waals surface area contributed by atoms with Crippen LogP contribution in [0.2, 0.25) is 5.15 Å². The maximum absolute atomic E-state index is 5.97. The zero-order valence-corrected chi connectivity index (χ0v) is 12.1. The fourth-order valence-corrected chi connectivity index (χ4v) is 2.37. The number of methoxy groups -OCH3 is 1. The van der Waals surface area contributed by atoms with E-state index in [0.29, 0.717) is 22.6 Å². The highest BCUT2D eigenvalue weighted by Crippen LogP contribution is 2.24. The zero-order valence-electron chi connectivity index (χ0n) is 11.4. The molecule has 0 bridgehead atoms. The topological polar surface area (TPSA) is 73.9 Å². The van der Waals surface area contributed by atoms with Gasteiger partial charge in [0.25, 0.3) is 0 Å². The summed E-state index contributed by atoms with van der Waals surface area (Å²) in [5.41, 5.74) is 8.83. The zero-order chi connectivity index (χ0) is 14.8. The number of hydrogen-bond donors (Lipinski definition) is 1. The highest BCUT2D eigenvalue weighted by molar-refractivity contribution is 6.29. The lowest BCUT2D eigenvalue weighted by Gasteiger charge is -2.09. The number of halogens is 1. The van der Waals surface area contributed by atoms with Gasteiger partial charge in [0.15, 0.2) is 0 Å². The molecule has 0 amide bonds. The van der Waals surface area contributed by atoms with Crippen molar-refractivity contribution in [1.29, 1.82) is 0 Å². The summed E-state index contributed by atoms with van der Waals surface area (Å²) in [6.45, 7) is 0. The molecule has 6 heteroatoms. The summed E-state index contributed by atoms with van der Waals surface area (Å²) >= 11 is 5.97. The third-order valence-corrected chi connectivity index (χ3v) is 3.36. The first-order valence-electron chi connectivity index (χ1n) is 6.38. The molecule has 0 fully saturated rings. The number of nitrogen functional groups attached to an aromatic ring is 1. The number of nitrogens with zero attached hydrogens (tertiary/aromatic N) is 3. The van der Waals surface area contributed by atoms with Gasteiger partial charge in [0.1, 0.15) is 16.4 Å². The number of rotatable bonds is 3. The number of anilines is 1. The van der Waals surface area contributed by atoms with Gasteiger partial charge in [0.05, 0.1) is 18.3 Å². The van der Waals surface area contributed by atoms with Crippen LogP contribution in [-0.2, 0) is 6.42 Å². The van der Waals surface area contributed by atoms with E-state index in [4.69, 9.17) is 22.1 Å². The van der Waals surface area contributed by atoms with Crippen molar-refractivity contribution in [3.05, 3.63) is 52.8 Å². The summed E-state index contributed by atoms with van der Waals surface area (Å²) < 4.78 is 5.36. The van der Waals surface area contributed by atoms with Crippen LogP contribution in [-0.4, -0.2) is 22.1 Å². The third-order valence-electron chi connectivity index (χ3n) is 3.15. The van der Waals surface area contributed by atoms with Gasteiger partial charge < -0.3 is 10.5 Å². The van der Waals surface area contributed by atoms with Crippen LogP contribution < -0.4 is 10.5 Å². The van der Waals surface area contributed by atoms with Crippen molar-refractivity contribution in [3.63, 3.8) is 0 Å². The molecule has 0 unspecified atom stereocenters. The molecule has 0 aliphatic rings. The van der Waals surface area contributed by atoms with E-state index in [1.165, 1.54) is 0 Å². The minimum Gasteiger partial charge on any atom is -0.496 e. The quantitative estimate of drug-likeness (QED) is 0.753. The summed E-state index contributed by atoms with van der Waals surface area (Å²) in [5.74, 6) is 1.02. The van der Waals surface area contributed by atoms with Crippen molar-refractivity contribution in [1.82, 2.24) is 15.0 Å². The smallest absolute Gasteiger partial charge is 0.220 e. The summed E-state index contributed by atoms with van der Waals surface area (Å²) in [6.07, 6.45) is 0.542. The molecule has 0 atom stereocenters. The Labute approximate surface area is 126 Å². The molecule has 3 aromatic rings.